The highest BCUT2D eigenvalue weighted by Gasteiger charge is 2.10. The van der Waals surface area contributed by atoms with E-state index in [1.54, 1.807) is 18.2 Å². The van der Waals surface area contributed by atoms with Crippen LogP contribution in [0.5, 0.6) is 5.75 Å². The maximum absolute atomic E-state index is 12.5. The van der Waals surface area contributed by atoms with Gasteiger partial charge in [0.25, 0.3) is 0 Å². The van der Waals surface area contributed by atoms with Crippen LogP contribution in [0.2, 0.25) is 0 Å². The normalized spacial score (nSPS) is 11.7. The second-order valence-electron chi connectivity index (χ2n) is 5.66. The molecule has 0 aliphatic heterocycles. The molecule has 0 amide bonds. The van der Waals surface area contributed by atoms with Crippen LogP contribution in [0.25, 0.3) is 0 Å². The summed E-state index contributed by atoms with van der Waals surface area (Å²) < 4.78 is 34.7. The molecule has 0 aliphatic rings. The molecule has 0 saturated heterocycles. The first-order valence-electron chi connectivity index (χ1n) is 8.48. The molecule has 6 nitrogen and oxygen atoms in total. The molecule has 0 saturated carbocycles. The number of hydrogen-bond donors (Lipinski definition) is 2. The van der Waals surface area contributed by atoms with E-state index < -0.39 is 6.61 Å². The number of nitrogens with zero attached hydrogens (tertiary/aromatic N) is 2. The van der Waals surface area contributed by atoms with Crippen molar-refractivity contribution in [1.29, 1.82) is 0 Å². The highest BCUT2D eigenvalue weighted by atomic mass is 19.3. The standard InChI is InChI=1S/C18H24F2N4O2/c1-4-21-18(22-10-9-15-12(2)24-26-13(15)3)23-11-14-7-5-6-8-16(14)25-17(19)20/h5-8,17H,4,9-11H2,1-3H3,(H2,21,22,23). The fourth-order valence-electron chi connectivity index (χ4n) is 2.52. The van der Waals surface area contributed by atoms with Crippen LogP contribution < -0.4 is 15.4 Å². The minimum absolute atomic E-state index is 0.137. The summed E-state index contributed by atoms with van der Waals surface area (Å²) in [7, 11) is 0. The van der Waals surface area contributed by atoms with Crippen molar-refractivity contribution in [2.75, 3.05) is 13.1 Å². The molecule has 2 aromatic rings. The van der Waals surface area contributed by atoms with Crippen molar-refractivity contribution < 1.29 is 18.0 Å². The summed E-state index contributed by atoms with van der Waals surface area (Å²) in [6.45, 7) is 4.44. The van der Waals surface area contributed by atoms with Gasteiger partial charge in [-0.15, -0.1) is 0 Å². The number of ether oxygens (including phenoxy) is 1. The maximum Gasteiger partial charge on any atom is 0.387 e. The van der Waals surface area contributed by atoms with Crippen LogP contribution in [-0.4, -0.2) is 30.8 Å². The highest BCUT2D eigenvalue weighted by molar-refractivity contribution is 5.79. The van der Waals surface area contributed by atoms with Gasteiger partial charge in [-0.1, -0.05) is 23.4 Å². The lowest BCUT2D eigenvalue weighted by molar-refractivity contribution is -0.0504. The lowest BCUT2D eigenvalue weighted by Gasteiger charge is -2.12. The van der Waals surface area contributed by atoms with Crippen molar-refractivity contribution in [1.82, 2.24) is 15.8 Å². The number of aryl methyl sites for hydroxylation is 2. The molecule has 0 unspecified atom stereocenters. The molecule has 0 spiro atoms. The van der Waals surface area contributed by atoms with Crippen molar-refractivity contribution in [2.24, 2.45) is 4.99 Å². The van der Waals surface area contributed by atoms with Gasteiger partial charge in [-0.2, -0.15) is 8.78 Å². The van der Waals surface area contributed by atoms with Gasteiger partial charge in [-0.3, -0.25) is 0 Å². The van der Waals surface area contributed by atoms with Crippen molar-refractivity contribution in [3.8, 4) is 5.75 Å². The molecular weight excluding hydrogens is 342 g/mol. The van der Waals surface area contributed by atoms with Crippen molar-refractivity contribution >= 4 is 5.96 Å². The number of para-hydroxylation sites is 1. The molecule has 0 aliphatic carbocycles. The minimum Gasteiger partial charge on any atom is -0.434 e. The first-order chi connectivity index (χ1) is 12.5. The summed E-state index contributed by atoms with van der Waals surface area (Å²) >= 11 is 0. The zero-order valence-electron chi connectivity index (χ0n) is 15.2. The molecule has 26 heavy (non-hydrogen) atoms. The largest absolute Gasteiger partial charge is 0.434 e. The first kappa shape index (κ1) is 19.7. The van der Waals surface area contributed by atoms with E-state index in [1.807, 2.05) is 20.8 Å². The average Bonchev–Trinajstić information content (AvgIpc) is 2.92. The number of guanidine groups is 1. The van der Waals surface area contributed by atoms with E-state index in [-0.39, 0.29) is 12.3 Å². The van der Waals surface area contributed by atoms with Gasteiger partial charge >= 0.3 is 6.61 Å². The van der Waals surface area contributed by atoms with E-state index in [0.29, 0.717) is 24.6 Å². The third kappa shape index (κ3) is 5.72. The summed E-state index contributed by atoms with van der Waals surface area (Å²) in [6, 6.07) is 6.64. The smallest absolute Gasteiger partial charge is 0.387 e. The number of aliphatic imine (C=N–C) groups is 1. The number of nitrogens with one attached hydrogen (secondary N) is 2. The van der Waals surface area contributed by atoms with Gasteiger partial charge in [0.15, 0.2) is 5.96 Å². The molecule has 1 aromatic carbocycles. The van der Waals surface area contributed by atoms with Crippen molar-refractivity contribution in [3.63, 3.8) is 0 Å². The third-order valence-corrected chi connectivity index (χ3v) is 3.79. The molecule has 0 atom stereocenters. The Balaban J connectivity index is 1.98. The molecule has 1 aromatic heterocycles. The molecule has 2 rings (SSSR count). The van der Waals surface area contributed by atoms with Gasteiger partial charge in [-0.25, -0.2) is 4.99 Å². The molecular formula is C18H24F2N4O2. The van der Waals surface area contributed by atoms with Gasteiger partial charge in [0.2, 0.25) is 0 Å². The molecule has 1 heterocycles. The topological polar surface area (TPSA) is 71.7 Å². The van der Waals surface area contributed by atoms with Crippen molar-refractivity contribution in [2.45, 2.75) is 40.3 Å². The first-order valence-corrected chi connectivity index (χ1v) is 8.48. The quantitative estimate of drug-likeness (QED) is 0.555. The number of halogens is 2. The number of hydrogen-bond acceptors (Lipinski definition) is 4. The second kappa shape index (κ2) is 9.74. The summed E-state index contributed by atoms with van der Waals surface area (Å²) in [4.78, 5) is 4.45. The maximum atomic E-state index is 12.5. The second-order valence-corrected chi connectivity index (χ2v) is 5.66. The zero-order chi connectivity index (χ0) is 18.9. The third-order valence-electron chi connectivity index (χ3n) is 3.79. The molecule has 0 bridgehead atoms. The Kier molecular flexibility index (Phi) is 7.37. The Labute approximate surface area is 151 Å². The fraction of sp³-hybridized carbons (Fsp3) is 0.444. The van der Waals surface area contributed by atoms with Crippen molar-refractivity contribution in [3.05, 3.63) is 46.8 Å². The molecule has 0 radical (unpaired) electrons. The number of aromatic nitrogens is 1. The number of alkyl halides is 2. The van der Waals surface area contributed by atoms with Gasteiger partial charge in [0.1, 0.15) is 11.5 Å². The summed E-state index contributed by atoms with van der Waals surface area (Å²) in [5.41, 5.74) is 2.55. The lowest BCUT2D eigenvalue weighted by Crippen LogP contribution is -2.38. The Bertz CT molecular complexity index is 712. The average molecular weight is 366 g/mol. The highest BCUT2D eigenvalue weighted by Crippen LogP contribution is 2.21. The van der Waals surface area contributed by atoms with Crippen LogP contribution in [0.4, 0.5) is 8.78 Å². The van der Waals surface area contributed by atoms with Gasteiger partial charge in [0, 0.05) is 24.2 Å². The van der Waals surface area contributed by atoms with E-state index in [2.05, 4.69) is 25.5 Å². The Morgan fingerprint density at radius 3 is 2.69 bits per heavy atom. The van der Waals surface area contributed by atoms with Crippen LogP contribution in [0, 0.1) is 13.8 Å². The monoisotopic (exact) mass is 366 g/mol. The summed E-state index contributed by atoms with van der Waals surface area (Å²) in [5.74, 6) is 1.55. The Morgan fingerprint density at radius 2 is 2.04 bits per heavy atom. The summed E-state index contributed by atoms with van der Waals surface area (Å²) in [5, 5.41) is 10.3. The van der Waals surface area contributed by atoms with E-state index in [9.17, 15) is 8.78 Å². The molecule has 2 N–H and O–H groups in total. The van der Waals surface area contributed by atoms with Gasteiger partial charge in [0.05, 0.1) is 12.2 Å². The van der Waals surface area contributed by atoms with Gasteiger partial charge in [-0.05, 0) is 33.3 Å². The van der Waals surface area contributed by atoms with E-state index in [0.717, 1.165) is 23.4 Å². The lowest BCUT2D eigenvalue weighted by atomic mass is 10.1. The number of rotatable bonds is 8. The molecule has 8 heteroatoms. The predicted molar refractivity (Wildman–Crippen MR) is 95.6 cm³/mol. The summed E-state index contributed by atoms with van der Waals surface area (Å²) in [6.07, 6.45) is 0.747. The van der Waals surface area contributed by atoms with Gasteiger partial charge < -0.3 is 19.9 Å². The van der Waals surface area contributed by atoms with Crippen LogP contribution in [0.3, 0.4) is 0 Å². The van der Waals surface area contributed by atoms with E-state index in [4.69, 9.17) is 4.52 Å². The molecule has 0 fully saturated rings. The Morgan fingerprint density at radius 1 is 1.27 bits per heavy atom. The minimum atomic E-state index is -2.86. The fourth-order valence-corrected chi connectivity index (χ4v) is 2.52. The predicted octanol–water partition coefficient (Wildman–Crippen LogP) is 3.19. The van der Waals surface area contributed by atoms with Crippen LogP contribution in [-0.2, 0) is 13.0 Å². The Hall–Kier alpha value is -2.64. The molecule has 142 valence electrons. The van der Waals surface area contributed by atoms with Crippen LogP contribution >= 0.6 is 0 Å². The van der Waals surface area contributed by atoms with E-state index in [1.165, 1.54) is 6.07 Å². The number of benzene rings is 1. The van der Waals surface area contributed by atoms with E-state index >= 15 is 0 Å². The zero-order valence-corrected chi connectivity index (χ0v) is 15.2. The van der Waals surface area contributed by atoms with Crippen LogP contribution in [0.1, 0.15) is 29.5 Å². The SMILES string of the molecule is CCNC(=NCc1ccccc1OC(F)F)NCCc1c(C)noc1C. The van der Waals surface area contributed by atoms with Crippen LogP contribution in [0.15, 0.2) is 33.8 Å².